The van der Waals surface area contributed by atoms with Gasteiger partial charge in [-0.3, -0.25) is 14.0 Å². The number of nitrogens with one attached hydrogen (secondary N) is 2. The Morgan fingerprint density at radius 2 is 1.46 bits per heavy atom. The van der Waals surface area contributed by atoms with Gasteiger partial charge in [0.05, 0.1) is 6.04 Å². The fraction of sp³-hybridized carbons (Fsp3) is 0.316. The SMILES string of the molecule is N[C@H]1CCCN(P(=O)(NCc2ccccc2)NCc2ccccc2)C1=O. The molecule has 3 rings (SSSR count). The smallest absolute Gasteiger partial charge is 0.308 e. The average molecular weight is 372 g/mol. The quantitative estimate of drug-likeness (QED) is 0.651. The second kappa shape index (κ2) is 8.60. The lowest BCUT2D eigenvalue weighted by atomic mass is 10.1. The number of benzene rings is 2. The van der Waals surface area contributed by atoms with Crippen LogP contribution in [0.2, 0.25) is 0 Å². The second-order valence-electron chi connectivity index (χ2n) is 6.43. The van der Waals surface area contributed by atoms with E-state index >= 15 is 0 Å². The molecule has 4 N–H and O–H groups in total. The van der Waals surface area contributed by atoms with Gasteiger partial charge >= 0.3 is 7.59 Å². The first kappa shape index (κ1) is 18.8. The molecule has 7 heteroatoms. The fourth-order valence-corrected chi connectivity index (χ4v) is 5.08. The van der Waals surface area contributed by atoms with Gasteiger partial charge in [-0.25, -0.2) is 10.2 Å². The molecule has 0 aliphatic carbocycles. The molecule has 1 saturated heterocycles. The summed E-state index contributed by atoms with van der Waals surface area (Å²) in [6.45, 7) is 1.24. The van der Waals surface area contributed by atoms with Gasteiger partial charge < -0.3 is 5.73 Å². The highest BCUT2D eigenvalue weighted by molar-refractivity contribution is 7.58. The Morgan fingerprint density at radius 1 is 0.962 bits per heavy atom. The standard InChI is InChI=1S/C19H25N4O2P/c20-18-12-7-13-23(19(18)24)26(25,21-14-16-8-3-1-4-9-16)22-15-17-10-5-2-6-11-17/h1-6,8-11,18H,7,12-15,20H2,(H2,21,22,25)/t18-/m0/s1. The van der Waals surface area contributed by atoms with Crippen molar-refractivity contribution in [3.8, 4) is 0 Å². The van der Waals surface area contributed by atoms with Crippen molar-refractivity contribution in [2.24, 2.45) is 5.73 Å². The molecule has 1 atom stereocenters. The van der Waals surface area contributed by atoms with Crippen molar-refractivity contribution in [3.63, 3.8) is 0 Å². The third-order valence-electron chi connectivity index (χ3n) is 4.48. The largest absolute Gasteiger partial charge is 0.320 e. The first-order valence-electron chi connectivity index (χ1n) is 8.84. The van der Waals surface area contributed by atoms with Gasteiger partial charge in [0.2, 0.25) is 5.91 Å². The van der Waals surface area contributed by atoms with Gasteiger partial charge in [0.15, 0.2) is 0 Å². The van der Waals surface area contributed by atoms with Gasteiger partial charge in [-0.15, -0.1) is 0 Å². The Hall–Kier alpha value is -1.98. The number of carbonyl (C=O) groups excluding carboxylic acids is 1. The van der Waals surface area contributed by atoms with Crippen molar-refractivity contribution in [2.75, 3.05) is 6.54 Å². The minimum Gasteiger partial charge on any atom is -0.320 e. The molecule has 0 saturated carbocycles. The molecule has 1 aliphatic rings. The molecule has 1 heterocycles. The van der Waals surface area contributed by atoms with Crippen LogP contribution in [0, 0.1) is 0 Å². The van der Waals surface area contributed by atoms with Crippen LogP contribution in [0.3, 0.4) is 0 Å². The van der Waals surface area contributed by atoms with Crippen molar-refractivity contribution in [3.05, 3.63) is 71.8 Å². The van der Waals surface area contributed by atoms with Crippen LogP contribution in [0.4, 0.5) is 0 Å². The highest BCUT2D eigenvalue weighted by Crippen LogP contribution is 2.43. The van der Waals surface area contributed by atoms with Crippen LogP contribution in [-0.4, -0.2) is 23.2 Å². The Morgan fingerprint density at radius 3 is 1.96 bits per heavy atom. The summed E-state index contributed by atoms with van der Waals surface area (Å²) >= 11 is 0. The molecule has 138 valence electrons. The Labute approximate surface area is 154 Å². The van der Waals surface area contributed by atoms with Crippen LogP contribution in [0.15, 0.2) is 60.7 Å². The van der Waals surface area contributed by atoms with E-state index in [0.29, 0.717) is 26.1 Å². The van der Waals surface area contributed by atoms with Crippen LogP contribution in [0.1, 0.15) is 24.0 Å². The number of hydrogen-bond acceptors (Lipinski definition) is 3. The van der Waals surface area contributed by atoms with Crippen molar-refractivity contribution in [2.45, 2.75) is 32.0 Å². The molecular weight excluding hydrogens is 347 g/mol. The van der Waals surface area contributed by atoms with E-state index in [1.165, 1.54) is 4.67 Å². The molecule has 0 spiro atoms. The van der Waals surface area contributed by atoms with E-state index in [1.54, 1.807) is 0 Å². The Balaban J connectivity index is 1.77. The summed E-state index contributed by atoms with van der Waals surface area (Å²) in [5.74, 6) is -0.263. The van der Waals surface area contributed by atoms with Gasteiger partial charge in [0.25, 0.3) is 0 Å². The molecule has 26 heavy (non-hydrogen) atoms. The molecule has 2 aromatic carbocycles. The highest BCUT2D eigenvalue weighted by atomic mass is 31.2. The second-order valence-corrected chi connectivity index (χ2v) is 8.69. The summed E-state index contributed by atoms with van der Waals surface area (Å²) in [5.41, 5.74) is 7.92. The summed E-state index contributed by atoms with van der Waals surface area (Å²) < 4.78 is 15.1. The van der Waals surface area contributed by atoms with E-state index in [1.807, 2.05) is 60.7 Å². The van der Waals surface area contributed by atoms with Crippen LogP contribution in [0.5, 0.6) is 0 Å². The fourth-order valence-electron chi connectivity index (χ4n) is 2.98. The number of carbonyl (C=O) groups is 1. The van der Waals surface area contributed by atoms with Crippen molar-refractivity contribution >= 4 is 13.5 Å². The van der Waals surface area contributed by atoms with Gasteiger partial charge in [0.1, 0.15) is 0 Å². The minimum atomic E-state index is -3.32. The minimum absolute atomic E-state index is 0.263. The Kier molecular flexibility index (Phi) is 6.22. The maximum absolute atomic E-state index is 13.7. The van der Waals surface area contributed by atoms with Crippen LogP contribution < -0.4 is 15.9 Å². The molecule has 6 nitrogen and oxygen atoms in total. The van der Waals surface area contributed by atoms with Crippen LogP contribution >= 0.6 is 7.59 Å². The topological polar surface area (TPSA) is 87.5 Å². The lowest BCUT2D eigenvalue weighted by Crippen LogP contribution is -2.50. The monoisotopic (exact) mass is 372 g/mol. The third-order valence-corrected chi connectivity index (χ3v) is 6.73. The van der Waals surface area contributed by atoms with E-state index in [4.69, 9.17) is 5.73 Å². The number of amides is 1. The maximum Gasteiger partial charge on any atom is 0.308 e. The first-order valence-corrected chi connectivity index (χ1v) is 10.5. The van der Waals surface area contributed by atoms with E-state index in [9.17, 15) is 9.36 Å². The molecule has 0 radical (unpaired) electrons. The van der Waals surface area contributed by atoms with E-state index in [-0.39, 0.29) is 5.91 Å². The first-order chi connectivity index (χ1) is 12.6. The molecule has 0 aromatic heterocycles. The number of rotatable bonds is 7. The summed E-state index contributed by atoms with van der Waals surface area (Å²) in [5, 5.41) is 6.19. The number of nitrogens with two attached hydrogens (primary N) is 1. The van der Waals surface area contributed by atoms with Crippen LogP contribution in [-0.2, 0) is 22.4 Å². The lowest BCUT2D eigenvalue weighted by Gasteiger charge is -2.37. The normalized spacial score (nSPS) is 18.1. The average Bonchev–Trinajstić information content (AvgIpc) is 2.68. The molecule has 2 aromatic rings. The molecule has 1 amide bonds. The number of piperidine rings is 1. The zero-order chi connectivity index (χ0) is 18.4. The summed E-state index contributed by atoms with van der Waals surface area (Å²) in [7, 11) is -3.32. The number of hydrogen-bond donors (Lipinski definition) is 3. The van der Waals surface area contributed by atoms with Gasteiger partial charge in [-0.1, -0.05) is 60.7 Å². The van der Waals surface area contributed by atoms with Crippen molar-refractivity contribution < 1.29 is 9.36 Å². The zero-order valence-corrected chi connectivity index (χ0v) is 15.6. The summed E-state index contributed by atoms with van der Waals surface area (Å²) in [4.78, 5) is 12.5. The molecule has 0 unspecified atom stereocenters. The van der Waals surface area contributed by atoms with E-state index in [2.05, 4.69) is 10.2 Å². The van der Waals surface area contributed by atoms with Gasteiger partial charge in [-0.2, -0.15) is 0 Å². The Bertz CT molecular complexity index is 722. The molecule has 1 fully saturated rings. The summed E-state index contributed by atoms with van der Waals surface area (Å²) in [6, 6.07) is 18.8. The predicted octanol–water partition coefficient (Wildman–Crippen LogP) is 2.62. The van der Waals surface area contributed by atoms with Gasteiger partial charge in [0, 0.05) is 19.6 Å². The molecule has 1 aliphatic heterocycles. The number of nitrogens with zero attached hydrogens (tertiary/aromatic N) is 1. The zero-order valence-electron chi connectivity index (χ0n) is 14.7. The van der Waals surface area contributed by atoms with E-state index < -0.39 is 13.6 Å². The van der Waals surface area contributed by atoms with Crippen molar-refractivity contribution in [1.82, 2.24) is 14.8 Å². The van der Waals surface area contributed by atoms with E-state index in [0.717, 1.165) is 17.5 Å². The molecule has 0 bridgehead atoms. The van der Waals surface area contributed by atoms with Gasteiger partial charge in [-0.05, 0) is 24.0 Å². The molecular formula is C19H25N4O2P. The lowest BCUT2D eigenvalue weighted by molar-refractivity contribution is -0.129. The summed E-state index contributed by atoms with van der Waals surface area (Å²) in [6.07, 6.45) is 1.38. The third kappa shape index (κ3) is 4.59. The van der Waals surface area contributed by atoms with Crippen LogP contribution in [0.25, 0.3) is 0 Å². The van der Waals surface area contributed by atoms with Crippen molar-refractivity contribution in [1.29, 1.82) is 0 Å². The highest BCUT2D eigenvalue weighted by Gasteiger charge is 2.38. The predicted molar refractivity (Wildman–Crippen MR) is 103 cm³/mol. The maximum atomic E-state index is 13.7.